The molecule has 100 valence electrons. The van der Waals surface area contributed by atoms with Crippen LogP contribution in [-0.2, 0) is 9.53 Å². The molecule has 0 amide bonds. The van der Waals surface area contributed by atoms with E-state index >= 15 is 0 Å². The second-order valence-corrected chi connectivity index (χ2v) is 4.69. The Morgan fingerprint density at radius 2 is 2.11 bits per heavy atom. The molecule has 1 aromatic carbocycles. The van der Waals surface area contributed by atoms with Crippen LogP contribution < -0.4 is 4.74 Å². The number of carbonyl (C=O) groups excluding carboxylic acids is 1. The first-order chi connectivity index (χ1) is 9.03. The first-order valence-corrected chi connectivity index (χ1v) is 6.24. The van der Waals surface area contributed by atoms with E-state index in [4.69, 9.17) is 9.47 Å². The van der Waals surface area contributed by atoms with Crippen LogP contribution in [0.25, 0.3) is 10.9 Å². The normalized spacial score (nSPS) is 11.3. The summed E-state index contributed by atoms with van der Waals surface area (Å²) in [6.45, 7) is 5.49. The summed E-state index contributed by atoms with van der Waals surface area (Å²) in [5, 5.41) is 1.03. The van der Waals surface area contributed by atoms with Crippen LogP contribution in [0.15, 0.2) is 36.5 Å². The van der Waals surface area contributed by atoms with Crippen molar-refractivity contribution < 1.29 is 14.3 Å². The quantitative estimate of drug-likeness (QED) is 0.792. The summed E-state index contributed by atoms with van der Waals surface area (Å²) in [5.41, 5.74) is -0.182. The van der Waals surface area contributed by atoms with Crippen LogP contribution in [0.2, 0.25) is 0 Å². The molecule has 4 heteroatoms. The number of benzene rings is 1. The monoisotopic (exact) mass is 259 g/mol. The van der Waals surface area contributed by atoms with Crippen LogP contribution in [0.1, 0.15) is 20.8 Å². The van der Waals surface area contributed by atoms with Crippen LogP contribution in [0.5, 0.6) is 5.75 Å². The Labute approximate surface area is 112 Å². The van der Waals surface area contributed by atoms with Crippen LogP contribution in [-0.4, -0.2) is 23.2 Å². The highest BCUT2D eigenvalue weighted by molar-refractivity contribution is 5.81. The molecule has 0 N–H and O–H groups in total. The van der Waals surface area contributed by atoms with Gasteiger partial charge in [0.2, 0.25) is 0 Å². The van der Waals surface area contributed by atoms with Gasteiger partial charge in [0.15, 0.2) is 5.60 Å². The summed E-state index contributed by atoms with van der Waals surface area (Å²) in [7, 11) is 0. The van der Waals surface area contributed by atoms with Gasteiger partial charge >= 0.3 is 5.97 Å². The molecule has 0 spiro atoms. The molecule has 0 unspecified atom stereocenters. The Morgan fingerprint density at radius 1 is 1.32 bits per heavy atom. The van der Waals surface area contributed by atoms with E-state index in [2.05, 4.69) is 4.98 Å². The maximum Gasteiger partial charge on any atom is 0.349 e. The molecule has 0 radical (unpaired) electrons. The van der Waals surface area contributed by atoms with Crippen molar-refractivity contribution in [1.29, 1.82) is 0 Å². The smallest absolute Gasteiger partial charge is 0.349 e. The molecule has 19 heavy (non-hydrogen) atoms. The van der Waals surface area contributed by atoms with Crippen molar-refractivity contribution in [3.63, 3.8) is 0 Å². The molecule has 0 saturated carbocycles. The van der Waals surface area contributed by atoms with Crippen LogP contribution in [0.4, 0.5) is 0 Å². The SMILES string of the molecule is CCOC(=O)C(C)(C)Oc1ccc2cccnc2c1. The number of hydrogen-bond acceptors (Lipinski definition) is 4. The first kappa shape index (κ1) is 13.3. The second kappa shape index (κ2) is 5.26. The number of nitrogens with zero attached hydrogens (tertiary/aromatic N) is 1. The molecule has 0 aliphatic carbocycles. The molecular formula is C15H17NO3. The molecule has 0 atom stereocenters. The zero-order valence-electron chi connectivity index (χ0n) is 11.3. The third kappa shape index (κ3) is 3.02. The molecule has 2 aromatic rings. The molecule has 1 heterocycles. The summed E-state index contributed by atoms with van der Waals surface area (Å²) >= 11 is 0. The third-order valence-corrected chi connectivity index (χ3v) is 2.72. The first-order valence-electron chi connectivity index (χ1n) is 6.24. The van der Waals surface area contributed by atoms with Crippen molar-refractivity contribution in [2.24, 2.45) is 0 Å². The molecular weight excluding hydrogens is 242 g/mol. The van der Waals surface area contributed by atoms with E-state index in [-0.39, 0.29) is 5.97 Å². The van der Waals surface area contributed by atoms with Crippen LogP contribution >= 0.6 is 0 Å². The minimum absolute atomic E-state index is 0.338. The number of carbonyl (C=O) groups is 1. The third-order valence-electron chi connectivity index (χ3n) is 2.72. The number of esters is 1. The van der Waals surface area contributed by atoms with Gasteiger partial charge in [-0.15, -0.1) is 0 Å². The highest BCUT2D eigenvalue weighted by Gasteiger charge is 2.31. The minimum Gasteiger partial charge on any atom is -0.476 e. The Hall–Kier alpha value is -2.10. The maximum absolute atomic E-state index is 11.8. The fourth-order valence-corrected chi connectivity index (χ4v) is 1.75. The average molecular weight is 259 g/mol. The lowest BCUT2D eigenvalue weighted by molar-refractivity contribution is -0.158. The van der Waals surface area contributed by atoms with Crippen molar-refractivity contribution in [3.8, 4) is 5.75 Å². The van der Waals surface area contributed by atoms with E-state index in [1.54, 1.807) is 27.0 Å². The fourth-order valence-electron chi connectivity index (χ4n) is 1.75. The maximum atomic E-state index is 11.8. The number of pyridine rings is 1. The molecule has 0 fully saturated rings. The summed E-state index contributed by atoms with van der Waals surface area (Å²) in [6, 6.07) is 9.41. The topological polar surface area (TPSA) is 48.4 Å². The standard InChI is InChI=1S/C15H17NO3/c1-4-18-14(17)15(2,3)19-12-8-7-11-6-5-9-16-13(11)10-12/h5-10H,4H2,1-3H3. The van der Waals surface area contributed by atoms with Crippen molar-refractivity contribution >= 4 is 16.9 Å². The lowest BCUT2D eigenvalue weighted by atomic mass is 10.1. The van der Waals surface area contributed by atoms with Gasteiger partial charge in [0, 0.05) is 17.6 Å². The molecule has 1 aromatic heterocycles. The van der Waals surface area contributed by atoms with Gasteiger partial charge in [-0.2, -0.15) is 0 Å². The lowest BCUT2D eigenvalue weighted by Gasteiger charge is -2.24. The van der Waals surface area contributed by atoms with Gasteiger partial charge in [-0.3, -0.25) is 4.98 Å². The van der Waals surface area contributed by atoms with Crippen molar-refractivity contribution in [2.75, 3.05) is 6.61 Å². The second-order valence-electron chi connectivity index (χ2n) is 4.69. The summed E-state index contributed by atoms with van der Waals surface area (Å²) in [6.07, 6.45) is 1.72. The van der Waals surface area contributed by atoms with Crippen LogP contribution in [0, 0.1) is 0 Å². The largest absolute Gasteiger partial charge is 0.476 e. The molecule has 2 rings (SSSR count). The van der Waals surface area contributed by atoms with Gasteiger partial charge in [-0.25, -0.2) is 4.79 Å². The van der Waals surface area contributed by atoms with E-state index in [1.807, 2.05) is 30.3 Å². The van der Waals surface area contributed by atoms with Gasteiger partial charge in [0.25, 0.3) is 0 Å². The van der Waals surface area contributed by atoms with Crippen LogP contribution in [0.3, 0.4) is 0 Å². The molecule has 0 bridgehead atoms. The van der Waals surface area contributed by atoms with Gasteiger partial charge in [0.05, 0.1) is 12.1 Å². The fraction of sp³-hybridized carbons (Fsp3) is 0.333. The average Bonchev–Trinajstić information content (AvgIpc) is 2.38. The predicted molar refractivity (Wildman–Crippen MR) is 73.1 cm³/mol. The predicted octanol–water partition coefficient (Wildman–Crippen LogP) is 2.96. The summed E-state index contributed by atoms with van der Waals surface area (Å²) in [5.74, 6) is 0.223. The zero-order valence-corrected chi connectivity index (χ0v) is 11.3. The lowest BCUT2D eigenvalue weighted by Crippen LogP contribution is -2.39. The van der Waals surface area contributed by atoms with E-state index in [9.17, 15) is 4.79 Å². The highest BCUT2D eigenvalue weighted by Crippen LogP contribution is 2.23. The Balaban J connectivity index is 2.23. The number of rotatable bonds is 4. The van der Waals surface area contributed by atoms with E-state index in [0.29, 0.717) is 12.4 Å². The molecule has 0 aliphatic rings. The molecule has 0 aliphatic heterocycles. The van der Waals surface area contributed by atoms with Gasteiger partial charge < -0.3 is 9.47 Å². The van der Waals surface area contributed by atoms with Gasteiger partial charge in [0.1, 0.15) is 5.75 Å². The highest BCUT2D eigenvalue weighted by atomic mass is 16.6. The summed E-state index contributed by atoms with van der Waals surface area (Å²) in [4.78, 5) is 16.0. The van der Waals surface area contributed by atoms with Crippen molar-refractivity contribution in [2.45, 2.75) is 26.4 Å². The van der Waals surface area contributed by atoms with E-state index in [1.165, 1.54) is 0 Å². The van der Waals surface area contributed by atoms with E-state index < -0.39 is 5.60 Å². The van der Waals surface area contributed by atoms with Crippen molar-refractivity contribution in [1.82, 2.24) is 4.98 Å². The minimum atomic E-state index is -1.02. The number of aromatic nitrogens is 1. The number of hydrogen-bond donors (Lipinski definition) is 0. The Kier molecular flexibility index (Phi) is 3.69. The number of fused-ring (bicyclic) bond motifs is 1. The molecule has 4 nitrogen and oxygen atoms in total. The summed E-state index contributed by atoms with van der Waals surface area (Å²) < 4.78 is 10.7. The Morgan fingerprint density at radius 3 is 2.84 bits per heavy atom. The number of ether oxygens (including phenoxy) is 2. The van der Waals surface area contributed by atoms with Crippen molar-refractivity contribution in [3.05, 3.63) is 36.5 Å². The van der Waals surface area contributed by atoms with Gasteiger partial charge in [-0.1, -0.05) is 6.07 Å². The Bertz CT molecular complexity index is 593. The van der Waals surface area contributed by atoms with Gasteiger partial charge in [-0.05, 0) is 39.0 Å². The molecule has 0 saturated heterocycles. The zero-order chi connectivity index (χ0) is 13.9. The van der Waals surface area contributed by atoms with E-state index in [0.717, 1.165) is 10.9 Å².